The molecule has 7 nitrogen and oxygen atoms in total. The predicted molar refractivity (Wildman–Crippen MR) is 74.1 cm³/mol. The van der Waals surface area contributed by atoms with Crippen LogP contribution in [0.2, 0.25) is 0 Å². The van der Waals surface area contributed by atoms with Crippen molar-refractivity contribution in [3.8, 4) is 0 Å². The van der Waals surface area contributed by atoms with Crippen LogP contribution in [0.4, 0.5) is 0 Å². The summed E-state index contributed by atoms with van der Waals surface area (Å²) in [6.07, 6.45) is 1.65. The smallest absolute Gasteiger partial charge is 0.261 e. The van der Waals surface area contributed by atoms with Gasteiger partial charge in [-0.15, -0.1) is 11.3 Å². The zero-order valence-corrected chi connectivity index (χ0v) is 11.8. The summed E-state index contributed by atoms with van der Waals surface area (Å²) < 4.78 is 0. The first-order chi connectivity index (χ1) is 9.66. The highest BCUT2D eigenvalue weighted by Gasteiger charge is 2.12. The lowest BCUT2D eigenvalue weighted by atomic mass is 10.3. The summed E-state index contributed by atoms with van der Waals surface area (Å²) in [5.41, 5.74) is 0. The molecule has 2 amide bonds. The van der Waals surface area contributed by atoms with Gasteiger partial charge in [-0.25, -0.2) is 4.98 Å². The number of rotatable bonds is 6. The number of amides is 2. The van der Waals surface area contributed by atoms with Gasteiger partial charge < -0.3 is 10.2 Å². The molecule has 0 atom stereocenters. The highest BCUT2D eigenvalue weighted by Crippen LogP contribution is 2.07. The zero-order valence-electron chi connectivity index (χ0n) is 11.0. The Hall–Kier alpha value is -2.22. The van der Waals surface area contributed by atoms with Gasteiger partial charge in [-0.2, -0.15) is 5.10 Å². The molecule has 0 unspecified atom stereocenters. The Morgan fingerprint density at radius 1 is 1.50 bits per heavy atom. The maximum absolute atomic E-state index is 11.9. The zero-order chi connectivity index (χ0) is 14.4. The Morgan fingerprint density at radius 2 is 2.35 bits per heavy atom. The van der Waals surface area contributed by atoms with E-state index < -0.39 is 0 Å². The minimum atomic E-state index is -0.148. The molecule has 0 fully saturated rings. The lowest BCUT2D eigenvalue weighted by Gasteiger charge is -2.15. The Labute approximate surface area is 120 Å². The molecule has 0 saturated carbocycles. The lowest BCUT2D eigenvalue weighted by molar-refractivity contribution is -0.130. The molecule has 0 aromatic carbocycles. The Bertz CT molecular complexity index is 552. The molecule has 2 rings (SSSR count). The fourth-order valence-electron chi connectivity index (χ4n) is 1.59. The van der Waals surface area contributed by atoms with Crippen molar-refractivity contribution >= 4 is 23.2 Å². The summed E-state index contributed by atoms with van der Waals surface area (Å²) in [4.78, 5) is 29.7. The first-order valence-electron chi connectivity index (χ1n) is 6.06. The lowest BCUT2D eigenvalue weighted by Crippen LogP contribution is -2.31. The molecular weight excluding hydrogens is 278 g/mol. The summed E-state index contributed by atoms with van der Waals surface area (Å²) in [6, 6.07) is 3.56. The summed E-state index contributed by atoms with van der Waals surface area (Å²) in [5, 5.41) is 11.0. The number of hydrogen-bond acceptors (Lipinski definition) is 5. The molecule has 0 aliphatic heterocycles. The molecule has 106 valence electrons. The van der Waals surface area contributed by atoms with Crippen molar-refractivity contribution in [1.29, 1.82) is 0 Å². The number of thiophene rings is 1. The first kappa shape index (κ1) is 14.2. The minimum Gasteiger partial charge on any atom is -0.351 e. The van der Waals surface area contributed by atoms with E-state index in [2.05, 4.69) is 20.5 Å². The SMILES string of the molecule is CN(Cc1ncn[nH]1)C(=O)CCNC(=O)c1cccs1. The maximum Gasteiger partial charge on any atom is 0.261 e. The van der Waals surface area contributed by atoms with Gasteiger partial charge in [-0.3, -0.25) is 14.7 Å². The topological polar surface area (TPSA) is 91.0 Å². The second-order valence-corrected chi connectivity index (χ2v) is 5.11. The van der Waals surface area contributed by atoms with E-state index >= 15 is 0 Å². The monoisotopic (exact) mass is 293 g/mol. The average Bonchev–Trinajstić information content (AvgIpc) is 3.11. The van der Waals surface area contributed by atoms with E-state index in [1.165, 1.54) is 22.6 Å². The van der Waals surface area contributed by atoms with Gasteiger partial charge in [0.15, 0.2) is 0 Å². The molecule has 2 aromatic heterocycles. The highest BCUT2D eigenvalue weighted by molar-refractivity contribution is 7.12. The molecule has 20 heavy (non-hydrogen) atoms. The van der Waals surface area contributed by atoms with Gasteiger partial charge in [0, 0.05) is 20.0 Å². The number of carbonyl (C=O) groups excluding carboxylic acids is 2. The summed E-state index contributed by atoms with van der Waals surface area (Å²) in [5.74, 6) is 0.419. The molecule has 0 saturated heterocycles. The number of nitrogens with zero attached hydrogens (tertiary/aromatic N) is 3. The van der Waals surface area contributed by atoms with Crippen molar-refractivity contribution in [2.45, 2.75) is 13.0 Å². The van der Waals surface area contributed by atoms with Crippen LogP contribution in [0.3, 0.4) is 0 Å². The fourth-order valence-corrected chi connectivity index (χ4v) is 2.23. The number of hydrogen-bond donors (Lipinski definition) is 2. The number of aromatic amines is 1. The van der Waals surface area contributed by atoms with Crippen LogP contribution in [-0.2, 0) is 11.3 Å². The van der Waals surface area contributed by atoms with Gasteiger partial charge in [0.25, 0.3) is 5.91 Å². The van der Waals surface area contributed by atoms with Crippen LogP contribution in [0.15, 0.2) is 23.8 Å². The predicted octanol–water partition coefficient (Wildman–Crippen LogP) is 0.645. The molecule has 0 radical (unpaired) electrons. The van der Waals surface area contributed by atoms with Crippen LogP contribution in [0.25, 0.3) is 0 Å². The van der Waals surface area contributed by atoms with Crippen molar-refractivity contribution in [3.63, 3.8) is 0 Å². The largest absolute Gasteiger partial charge is 0.351 e. The van der Waals surface area contributed by atoms with Crippen LogP contribution in [0.1, 0.15) is 21.9 Å². The standard InChI is InChI=1S/C12H15N5O2S/c1-17(7-10-14-8-15-16-10)11(18)4-5-13-12(19)9-3-2-6-20-9/h2-3,6,8H,4-5,7H2,1H3,(H,13,19)(H,14,15,16). The van der Waals surface area contributed by atoms with Crippen molar-refractivity contribution in [1.82, 2.24) is 25.4 Å². The summed E-state index contributed by atoms with van der Waals surface area (Å²) >= 11 is 1.37. The molecule has 0 aliphatic carbocycles. The molecule has 8 heteroatoms. The maximum atomic E-state index is 11.9. The number of carbonyl (C=O) groups is 2. The van der Waals surface area contributed by atoms with Crippen LogP contribution < -0.4 is 5.32 Å². The average molecular weight is 293 g/mol. The Kier molecular flexibility index (Phi) is 4.83. The van der Waals surface area contributed by atoms with Crippen LogP contribution >= 0.6 is 11.3 Å². The van der Waals surface area contributed by atoms with Crippen molar-refractivity contribution in [2.75, 3.05) is 13.6 Å². The third-order valence-corrected chi connectivity index (χ3v) is 3.52. The molecule has 0 aliphatic rings. The van der Waals surface area contributed by atoms with E-state index in [4.69, 9.17) is 0 Å². The van der Waals surface area contributed by atoms with E-state index in [-0.39, 0.29) is 18.2 Å². The third kappa shape index (κ3) is 3.89. The van der Waals surface area contributed by atoms with Gasteiger partial charge in [-0.05, 0) is 11.4 Å². The normalized spacial score (nSPS) is 10.2. The Balaban J connectivity index is 1.71. The van der Waals surface area contributed by atoms with E-state index in [0.717, 1.165) is 0 Å². The van der Waals surface area contributed by atoms with Crippen molar-refractivity contribution in [2.24, 2.45) is 0 Å². The van der Waals surface area contributed by atoms with E-state index in [1.807, 2.05) is 11.4 Å². The number of H-pyrrole nitrogens is 1. The van der Waals surface area contributed by atoms with E-state index in [0.29, 0.717) is 23.8 Å². The summed E-state index contributed by atoms with van der Waals surface area (Å²) in [6.45, 7) is 0.689. The highest BCUT2D eigenvalue weighted by atomic mass is 32.1. The number of aromatic nitrogens is 3. The second kappa shape index (κ2) is 6.80. The molecule has 2 N–H and O–H groups in total. The summed E-state index contributed by atoms with van der Waals surface area (Å²) in [7, 11) is 1.69. The fraction of sp³-hybridized carbons (Fsp3) is 0.333. The van der Waals surface area contributed by atoms with Crippen LogP contribution in [0, 0.1) is 0 Å². The molecule has 2 heterocycles. The number of nitrogens with one attached hydrogen (secondary N) is 2. The van der Waals surface area contributed by atoms with Gasteiger partial charge in [0.05, 0.1) is 11.4 Å². The van der Waals surface area contributed by atoms with Gasteiger partial charge in [0.1, 0.15) is 12.2 Å². The molecule has 0 bridgehead atoms. The van der Waals surface area contributed by atoms with Crippen molar-refractivity contribution in [3.05, 3.63) is 34.5 Å². The van der Waals surface area contributed by atoms with Crippen LogP contribution in [-0.4, -0.2) is 45.5 Å². The minimum absolute atomic E-state index is 0.0621. The van der Waals surface area contributed by atoms with Gasteiger partial charge >= 0.3 is 0 Å². The van der Waals surface area contributed by atoms with Crippen LogP contribution in [0.5, 0.6) is 0 Å². The first-order valence-corrected chi connectivity index (χ1v) is 6.94. The van der Waals surface area contributed by atoms with Gasteiger partial charge in [-0.1, -0.05) is 6.07 Å². The van der Waals surface area contributed by atoms with Gasteiger partial charge in [0.2, 0.25) is 5.91 Å². The molecular formula is C12H15N5O2S. The second-order valence-electron chi connectivity index (χ2n) is 4.17. The molecule has 0 spiro atoms. The Morgan fingerprint density at radius 3 is 3.00 bits per heavy atom. The van der Waals surface area contributed by atoms with E-state index in [1.54, 1.807) is 13.1 Å². The van der Waals surface area contributed by atoms with Crippen molar-refractivity contribution < 1.29 is 9.59 Å². The quantitative estimate of drug-likeness (QED) is 0.818. The third-order valence-electron chi connectivity index (χ3n) is 2.65. The molecule has 2 aromatic rings. The van der Waals surface area contributed by atoms with E-state index in [9.17, 15) is 9.59 Å².